The maximum Gasteiger partial charge on any atom is 0.329 e. The highest BCUT2D eigenvalue weighted by atomic mass is 16.4. The van der Waals surface area contributed by atoms with Gasteiger partial charge >= 0.3 is 5.97 Å². The minimum atomic E-state index is -0.933. The summed E-state index contributed by atoms with van der Waals surface area (Å²) in [6.07, 6.45) is 3.77. The average molecular weight is 213 g/mol. The molecule has 0 aromatic rings. The van der Waals surface area contributed by atoms with Crippen molar-refractivity contribution in [3.05, 3.63) is 0 Å². The van der Waals surface area contributed by atoms with E-state index in [1.807, 2.05) is 6.92 Å². The predicted molar refractivity (Wildman–Crippen MR) is 56.4 cm³/mol. The molecule has 0 aromatic carbocycles. The van der Waals surface area contributed by atoms with Crippen molar-refractivity contribution < 1.29 is 14.7 Å². The fourth-order valence-corrected chi connectivity index (χ4v) is 2.53. The monoisotopic (exact) mass is 213 g/mol. The van der Waals surface area contributed by atoms with Crippen molar-refractivity contribution in [2.24, 2.45) is 5.92 Å². The van der Waals surface area contributed by atoms with Gasteiger partial charge in [-0.25, -0.2) is 4.79 Å². The summed E-state index contributed by atoms with van der Waals surface area (Å²) in [6.45, 7) is 4.35. The Labute approximate surface area is 90.3 Å². The van der Waals surface area contributed by atoms with Crippen molar-refractivity contribution in [1.29, 1.82) is 0 Å². The Hall–Kier alpha value is -1.06. The summed E-state index contributed by atoms with van der Waals surface area (Å²) in [7, 11) is 0. The summed E-state index contributed by atoms with van der Waals surface area (Å²) in [6, 6.07) is 0. The molecule has 2 atom stereocenters. The van der Waals surface area contributed by atoms with Crippen LogP contribution in [0.1, 0.15) is 39.5 Å². The van der Waals surface area contributed by atoms with Gasteiger partial charge < -0.3 is 10.0 Å². The van der Waals surface area contributed by atoms with E-state index in [4.69, 9.17) is 0 Å². The summed E-state index contributed by atoms with van der Waals surface area (Å²) in [5.74, 6) is -0.414. The smallest absolute Gasteiger partial charge is 0.329 e. The molecule has 0 radical (unpaired) electrons. The Morgan fingerprint density at radius 3 is 2.60 bits per heavy atom. The highest BCUT2D eigenvalue weighted by Crippen LogP contribution is 2.40. The third-order valence-electron chi connectivity index (χ3n) is 3.59. The Balaban J connectivity index is 2.90. The number of amides is 1. The van der Waals surface area contributed by atoms with Gasteiger partial charge in [-0.15, -0.1) is 0 Å². The fraction of sp³-hybridized carbons (Fsp3) is 0.818. The number of carboxylic acids is 1. The molecule has 2 unspecified atom stereocenters. The normalized spacial score (nSPS) is 30.1. The molecule has 1 aliphatic rings. The molecular weight excluding hydrogens is 194 g/mol. The standard InChI is InChI=1S/C11H19NO3/c1-3-9-5-6-11(7-9,10(14)15)12(4-2)8-13/h8-9H,3-7H2,1-2H3,(H,14,15). The third kappa shape index (κ3) is 1.98. The van der Waals surface area contributed by atoms with Crippen LogP contribution in [-0.2, 0) is 9.59 Å². The number of carbonyl (C=O) groups is 2. The van der Waals surface area contributed by atoms with Crippen LogP contribution in [0.2, 0.25) is 0 Å². The van der Waals surface area contributed by atoms with Crippen LogP contribution in [0.15, 0.2) is 0 Å². The molecule has 0 saturated heterocycles. The Bertz CT molecular complexity index is 254. The summed E-state index contributed by atoms with van der Waals surface area (Å²) in [4.78, 5) is 23.7. The lowest BCUT2D eigenvalue weighted by atomic mass is 9.93. The predicted octanol–water partition coefficient (Wildman–Crippen LogP) is 1.50. The zero-order valence-corrected chi connectivity index (χ0v) is 9.40. The lowest BCUT2D eigenvalue weighted by Crippen LogP contribution is -2.52. The Morgan fingerprint density at radius 1 is 1.60 bits per heavy atom. The Kier molecular flexibility index (Phi) is 3.72. The van der Waals surface area contributed by atoms with Gasteiger partial charge in [-0.05, 0) is 32.1 Å². The van der Waals surface area contributed by atoms with Crippen LogP contribution < -0.4 is 0 Å². The van der Waals surface area contributed by atoms with Gasteiger partial charge in [0.25, 0.3) is 0 Å². The van der Waals surface area contributed by atoms with Gasteiger partial charge in [0.1, 0.15) is 5.54 Å². The van der Waals surface area contributed by atoms with Gasteiger partial charge in [0.05, 0.1) is 0 Å². The topological polar surface area (TPSA) is 57.6 Å². The molecule has 0 bridgehead atoms. The Morgan fingerprint density at radius 2 is 2.27 bits per heavy atom. The van der Waals surface area contributed by atoms with E-state index in [0.29, 0.717) is 31.7 Å². The third-order valence-corrected chi connectivity index (χ3v) is 3.59. The van der Waals surface area contributed by atoms with Crippen molar-refractivity contribution in [3.8, 4) is 0 Å². The average Bonchev–Trinajstić information content (AvgIpc) is 2.65. The van der Waals surface area contributed by atoms with Crippen LogP contribution in [-0.4, -0.2) is 34.5 Å². The van der Waals surface area contributed by atoms with Crippen molar-refractivity contribution >= 4 is 12.4 Å². The molecule has 0 heterocycles. The molecule has 1 amide bonds. The van der Waals surface area contributed by atoms with E-state index in [0.717, 1.165) is 12.8 Å². The first kappa shape index (κ1) is 12.0. The summed E-state index contributed by atoms with van der Waals surface area (Å²) < 4.78 is 0. The second-order valence-electron chi connectivity index (χ2n) is 4.25. The zero-order valence-electron chi connectivity index (χ0n) is 9.40. The molecule has 1 fully saturated rings. The summed E-state index contributed by atoms with van der Waals surface area (Å²) >= 11 is 0. The van der Waals surface area contributed by atoms with Gasteiger partial charge in [-0.2, -0.15) is 0 Å². The second-order valence-corrected chi connectivity index (χ2v) is 4.25. The zero-order chi connectivity index (χ0) is 11.5. The summed E-state index contributed by atoms with van der Waals surface area (Å²) in [5.41, 5.74) is -0.933. The maximum absolute atomic E-state index is 11.3. The first-order chi connectivity index (χ1) is 7.10. The lowest BCUT2D eigenvalue weighted by molar-refractivity contribution is -0.155. The number of carboxylic acid groups (broad SMARTS) is 1. The van der Waals surface area contributed by atoms with Crippen LogP contribution in [0.4, 0.5) is 0 Å². The molecular formula is C11H19NO3. The molecule has 1 aliphatic carbocycles. The highest BCUT2D eigenvalue weighted by Gasteiger charge is 2.48. The largest absolute Gasteiger partial charge is 0.479 e. The first-order valence-corrected chi connectivity index (χ1v) is 5.56. The van der Waals surface area contributed by atoms with E-state index in [1.165, 1.54) is 4.90 Å². The molecule has 0 aromatic heterocycles. The van der Waals surface area contributed by atoms with E-state index in [2.05, 4.69) is 6.92 Å². The number of hydrogen-bond donors (Lipinski definition) is 1. The number of rotatable bonds is 5. The van der Waals surface area contributed by atoms with Gasteiger partial charge in [0.15, 0.2) is 0 Å². The molecule has 0 aliphatic heterocycles. The maximum atomic E-state index is 11.3. The number of aliphatic carboxylic acids is 1. The molecule has 4 heteroatoms. The van der Waals surface area contributed by atoms with Crippen LogP contribution >= 0.6 is 0 Å². The molecule has 4 nitrogen and oxygen atoms in total. The van der Waals surface area contributed by atoms with E-state index >= 15 is 0 Å². The molecule has 15 heavy (non-hydrogen) atoms. The quantitative estimate of drug-likeness (QED) is 0.704. The fourth-order valence-electron chi connectivity index (χ4n) is 2.53. The minimum Gasteiger partial charge on any atom is -0.479 e. The van der Waals surface area contributed by atoms with Crippen molar-refractivity contribution in [1.82, 2.24) is 4.90 Å². The van der Waals surface area contributed by atoms with Crippen LogP contribution in [0, 0.1) is 5.92 Å². The number of likely N-dealkylation sites (N-methyl/N-ethyl adjacent to an activating group) is 1. The van der Waals surface area contributed by atoms with E-state index in [1.54, 1.807) is 0 Å². The van der Waals surface area contributed by atoms with Crippen molar-refractivity contribution in [2.75, 3.05) is 6.54 Å². The van der Waals surface area contributed by atoms with E-state index in [9.17, 15) is 14.7 Å². The van der Waals surface area contributed by atoms with Crippen LogP contribution in [0.5, 0.6) is 0 Å². The highest BCUT2D eigenvalue weighted by molar-refractivity contribution is 5.82. The van der Waals surface area contributed by atoms with E-state index < -0.39 is 11.5 Å². The number of nitrogens with zero attached hydrogens (tertiary/aromatic N) is 1. The van der Waals surface area contributed by atoms with Gasteiger partial charge in [-0.3, -0.25) is 4.79 Å². The van der Waals surface area contributed by atoms with Gasteiger partial charge in [0, 0.05) is 6.54 Å². The number of carbonyl (C=O) groups excluding carboxylic acids is 1. The molecule has 86 valence electrons. The molecule has 1 rings (SSSR count). The van der Waals surface area contributed by atoms with Crippen molar-refractivity contribution in [2.45, 2.75) is 45.1 Å². The SMILES string of the molecule is CCC1CCC(C(=O)O)(N(C=O)CC)C1. The lowest BCUT2D eigenvalue weighted by Gasteiger charge is -2.34. The van der Waals surface area contributed by atoms with Gasteiger partial charge in [-0.1, -0.05) is 13.3 Å². The van der Waals surface area contributed by atoms with E-state index in [-0.39, 0.29) is 0 Å². The first-order valence-electron chi connectivity index (χ1n) is 5.56. The minimum absolute atomic E-state index is 0.440. The number of hydrogen-bond acceptors (Lipinski definition) is 2. The summed E-state index contributed by atoms with van der Waals surface area (Å²) in [5, 5.41) is 9.31. The molecule has 0 spiro atoms. The molecule has 1 saturated carbocycles. The second kappa shape index (κ2) is 4.64. The van der Waals surface area contributed by atoms with Crippen LogP contribution in [0.25, 0.3) is 0 Å². The van der Waals surface area contributed by atoms with Crippen LogP contribution in [0.3, 0.4) is 0 Å². The van der Waals surface area contributed by atoms with Gasteiger partial charge in [0.2, 0.25) is 6.41 Å². The molecule has 1 N–H and O–H groups in total. The van der Waals surface area contributed by atoms with Crippen molar-refractivity contribution in [3.63, 3.8) is 0 Å².